The lowest BCUT2D eigenvalue weighted by Gasteiger charge is -2.30. The van der Waals surface area contributed by atoms with Crippen molar-refractivity contribution in [1.29, 1.82) is 0 Å². The first-order valence-corrected chi connectivity index (χ1v) is 7.57. The van der Waals surface area contributed by atoms with Gasteiger partial charge < -0.3 is 15.5 Å². The average molecular weight is 292 g/mol. The number of piperidine rings is 1. The third kappa shape index (κ3) is 4.60. The molecule has 1 aromatic rings. The fraction of sp³-hybridized carbons (Fsp3) is 0.600. The number of benzene rings is 1. The number of non-ortho nitro benzene ring substituents is 1. The molecular weight excluding hydrogens is 268 g/mol. The van der Waals surface area contributed by atoms with Crippen LogP contribution in [0.4, 0.5) is 17.1 Å². The topological polar surface area (TPSA) is 70.4 Å². The molecule has 0 radical (unpaired) electrons. The predicted molar refractivity (Wildman–Crippen MR) is 86.0 cm³/mol. The average Bonchev–Trinajstić information content (AvgIpc) is 2.47. The molecule has 0 aromatic heterocycles. The Morgan fingerprint density at radius 2 is 1.95 bits per heavy atom. The summed E-state index contributed by atoms with van der Waals surface area (Å²) in [4.78, 5) is 13.0. The Labute approximate surface area is 125 Å². The van der Waals surface area contributed by atoms with Crippen LogP contribution < -0.4 is 10.6 Å². The van der Waals surface area contributed by atoms with Crippen molar-refractivity contribution in [2.45, 2.75) is 32.2 Å². The number of likely N-dealkylation sites (tertiary alicyclic amines) is 1. The van der Waals surface area contributed by atoms with Crippen LogP contribution in [0.5, 0.6) is 0 Å². The van der Waals surface area contributed by atoms with Gasteiger partial charge in [-0.05, 0) is 45.5 Å². The van der Waals surface area contributed by atoms with Crippen LogP contribution in [0.2, 0.25) is 0 Å². The molecule has 2 rings (SSSR count). The van der Waals surface area contributed by atoms with Crippen LogP contribution in [0.15, 0.2) is 18.2 Å². The van der Waals surface area contributed by atoms with Crippen molar-refractivity contribution >= 4 is 17.1 Å². The molecule has 0 unspecified atom stereocenters. The van der Waals surface area contributed by atoms with Gasteiger partial charge in [-0.2, -0.15) is 0 Å². The number of hydrogen-bond acceptors (Lipinski definition) is 5. The van der Waals surface area contributed by atoms with E-state index in [1.807, 2.05) is 6.07 Å². The highest BCUT2D eigenvalue weighted by Gasteiger charge is 2.18. The number of nitro groups is 1. The zero-order chi connectivity index (χ0) is 15.2. The first-order valence-electron chi connectivity index (χ1n) is 7.57. The summed E-state index contributed by atoms with van der Waals surface area (Å²) < 4.78 is 0. The van der Waals surface area contributed by atoms with E-state index >= 15 is 0 Å². The molecule has 0 spiro atoms. The molecule has 6 nitrogen and oxygen atoms in total. The maximum absolute atomic E-state index is 11.1. The summed E-state index contributed by atoms with van der Waals surface area (Å²) in [6.45, 7) is 5.01. The highest BCUT2D eigenvalue weighted by Crippen LogP contribution is 2.26. The van der Waals surface area contributed by atoms with Crippen molar-refractivity contribution in [3.8, 4) is 0 Å². The Hall–Kier alpha value is -1.82. The standard InChI is InChI=1S/C15H24N4O2/c1-3-6-16-13-9-14(11-15(10-13)19(20)21)17-12-4-7-18(2)8-5-12/h9-12,16-17H,3-8H2,1-2H3. The summed E-state index contributed by atoms with van der Waals surface area (Å²) in [7, 11) is 2.12. The van der Waals surface area contributed by atoms with Crippen LogP contribution in [0.1, 0.15) is 26.2 Å². The molecule has 1 heterocycles. The second kappa shape index (κ2) is 7.26. The van der Waals surface area contributed by atoms with E-state index in [1.165, 1.54) is 0 Å². The Morgan fingerprint density at radius 1 is 1.29 bits per heavy atom. The predicted octanol–water partition coefficient (Wildman–Crippen LogP) is 2.92. The lowest BCUT2D eigenvalue weighted by molar-refractivity contribution is -0.384. The van der Waals surface area contributed by atoms with E-state index in [-0.39, 0.29) is 10.6 Å². The molecule has 1 saturated heterocycles. The fourth-order valence-corrected chi connectivity index (χ4v) is 2.56. The van der Waals surface area contributed by atoms with Crippen molar-refractivity contribution < 1.29 is 4.92 Å². The number of nitro benzene ring substituents is 1. The number of rotatable bonds is 6. The maximum atomic E-state index is 11.1. The monoisotopic (exact) mass is 292 g/mol. The van der Waals surface area contributed by atoms with E-state index in [0.29, 0.717) is 6.04 Å². The van der Waals surface area contributed by atoms with E-state index in [2.05, 4.69) is 29.5 Å². The van der Waals surface area contributed by atoms with E-state index in [4.69, 9.17) is 0 Å². The SMILES string of the molecule is CCCNc1cc(NC2CCN(C)CC2)cc([N+](=O)[O-])c1. The molecule has 1 aliphatic heterocycles. The fourth-order valence-electron chi connectivity index (χ4n) is 2.56. The summed E-state index contributed by atoms with van der Waals surface area (Å²) in [5.74, 6) is 0. The van der Waals surface area contributed by atoms with Crippen LogP contribution in [0.3, 0.4) is 0 Å². The van der Waals surface area contributed by atoms with Gasteiger partial charge in [0, 0.05) is 36.1 Å². The summed E-state index contributed by atoms with van der Waals surface area (Å²) in [5, 5.41) is 17.7. The summed E-state index contributed by atoms with van der Waals surface area (Å²) >= 11 is 0. The van der Waals surface area contributed by atoms with E-state index in [1.54, 1.807) is 12.1 Å². The third-order valence-electron chi connectivity index (χ3n) is 3.80. The first-order chi connectivity index (χ1) is 10.1. The number of nitrogens with one attached hydrogen (secondary N) is 2. The molecular formula is C15H24N4O2. The van der Waals surface area contributed by atoms with Gasteiger partial charge in [0.05, 0.1) is 4.92 Å². The van der Waals surface area contributed by atoms with Crippen molar-refractivity contribution in [1.82, 2.24) is 4.90 Å². The van der Waals surface area contributed by atoms with Gasteiger partial charge in [-0.25, -0.2) is 0 Å². The molecule has 0 aliphatic carbocycles. The van der Waals surface area contributed by atoms with Gasteiger partial charge in [-0.1, -0.05) is 6.92 Å². The maximum Gasteiger partial charge on any atom is 0.273 e. The smallest absolute Gasteiger partial charge is 0.273 e. The minimum Gasteiger partial charge on any atom is -0.385 e. The highest BCUT2D eigenvalue weighted by atomic mass is 16.6. The van der Waals surface area contributed by atoms with Gasteiger partial charge in [0.1, 0.15) is 0 Å². The van der Waals surface area contributed by atoms with Crippen molar-refractivity contribution in [3.05, 3.63) is 28.3 Å². The van der Waals surface area contributed by atoms with E-state index in [0.717, 1.165) is 50.3 Å². The highest BCUT2D eigenvalue weighted by molar-refractivity contribution is 5.63. The molecule has 2 N–H and O–H groups in total. The Bertz CT molecular complexity index is 485. The van der Waals surface area contributed by atoms with Crippen LogP contribution in [-0.4, -0.2) is 42.5 Å². The molecule has 0 amide bonds. The summed E-state index contributed by atoms with van der Waals surface area (Å²) in [5.41, 5.74) is 1.77. The van der Waals surface area contributed by atoms with Crippen molar-refractivity contribution in [3.63, 3.8) is 0 Å². The molecule has 6 heteroatoms. The molecule has 0 saturated carbocycles. The van der Waals surface area contributed by atoms with Crippen molar-refractivity contribution in [2.24, 2.45) is 0 Å². The van der Waals surface area contributed by atoms with Crippen LogP contribution >= 0.6 is 0 Å². The summed E-state index contributed by atoms with van der Waals surface area (Å²) in [6, 6.07) is 5.56. The zero-order valence-corrected chi connectivity index (χ0v) is 12.8. The Kier molecular flexibility index (Phi) is 5.38. The molecule has 0 atom stereocenters. The quantitative estimate of drug-likeness (QED) is 0.623. The lowest BCUT2D eigenvalue weighted by Crippen LogP contribution is -2.36. The molecule has 1 aromatic carbocycles. The van der Waals surface area contributed by atoms with Gasteiger partial charge >= 0.3 is 0 Å². The van der Waals surface area contributed by atoms with Gasteiger partial charge in [-0.3, -0.25) is 10.1 Å². The third-order valence-corrected chi connectivity index (χ3v) is 3.80. The van der Waals surface area contributed by atoms with Gasteiger partial charge in [-0.15, -0.1) is 0 Å². The minimum absolute atomic E-state index is 0.131. The normalized spacial score (nSPS) is 16.7. The number of hydrogen-bond donors (Lipinski definition) is 2. The minimum atomic E-state index is -0.336. The van der Waals surface area contributed by atoms with Gasteiger partial charge in [0.25, 0.3) is 5.69 Å². The van der Waals surface area contributed by atoms with Crippen LogP contribution in [-0.2, 0) is 0 Å². The number of nitrogens with zero attached hydrogens (tertiary/aromatic N) is 2. The van der Waals surface area contributed by atoms with Gasteiger partial charge in [0.2, 0.25) is 0 Å². The Balaban J connectivity index is 2.09. The molecule has 0 bridgehead atoms. The van der Waals surface area contributed by atoms with E-state index in [9.17, 15) is 10.1 Å². The second-order valence-electron chi connectivity index (χ2n) is 5.67. The largest absolute Gasteiger partial charge is 0.385 e. The van der Waals surface area contributed by atoms with Crippen LogP contribution in [0.25, 0.3) is 0 Å². The summed E-state index contributed by atoms with van der Waals surface area (Å²) in [6.07, 6.45) is 3.12. The molecule has 1 fully saturated rings. The second-order valence-corrected chi connectivity index (χ2v) is 5.67. The van der Waals surface area contributed by atoms with Crippen LogP contribution in [0, 0.1) is 10.1 Å². The first kappa shape index (κ1) is 15.6. The van der Waals surface area contributed by atoms with E-state index < -0.39 is 0 Å². The Morgan fingerprint density at radius 3 is 2.57 bits per heavy atom. The number of anilines is 2. The zero-order valence-electron chi connectivity index (χ0n) is 12.8. The lowest BCUT2D eigenvalue weighted by atomic mass is 10.1. The van der Waals surface area contributed by atoms with Crippen molar-refractivity contribution in [2.75, 3.05) is 37.3 Å². The molecule has 21 heavy (non-hydrogen) atoms. The molecule has 116 valence electrons. The van der Waals surface area contributed by atoms with Gasteiger partial charge in [0.15, 0.2) is 0 Å². The molecule has 1 aliphatic rings.